The monoisotopic (exact) mass is 343 g/mol. The van der Waals surface area contributed by atoms with Crippen molar-refractivity contribution < 1.29 is 9.21 Å². The first kappa shape index (κ1) is 13.5. The Morgan fingerprint density at radius 3 is 2.62 bits per heavy atom. The van der Waals surface area contributed by atoms with E-state index in [-0.39, 0.29) is 5.89 Å². The molecule has 3 rings (SSSR count). The van der Waals surface area contributed by atoms with Crippen LogP contribution in [-0.2, 0) is 0 Å². The van der Waals surface area contributed by atoms with E-state index in [0.29, 0.717) is 11.6 Å². The van der Waals surface area contributed by atoms with Gasteiger partial charge in [-0.2, -0.15) is 0 Å². The topological polar surface area (TPSA) is 68.0 Å². The summed E-state index contributed by atoms with van der Waals surface area (Å²) < 4.78 is 6.26. The molecule has 0 bridgehead atoms. The number of aromatic nitrogens is 2. The summed E-state index contributed by atoms with van der Waals surface area (Å²) in [6, 6.07) is 16.5. The van der Waals surface area contributed by atoms with Gasteiger partial charge in [-0.05, 0) is 30.3 Å². The zero-order valence-corrected chi connectivity index (χ0v) is 12.4. The van der Waals surface area contributed by atoms with Gasteiger partial charge in [0.1, 0.15) is 0 Å². The van der Waals surface area contributed by atoms with E-state index in [9.17, 15) is 4.79 Å². The Kier molecular flexibility index (Phi) is 3.79. The number of carbonyl (C=O) groups excluding carboxylic acids is 1. The van der Waals surface area contributed by atoms with Gasteiger partial charge in [-0.15, -0.1) is 10.2 Å². The average Bonchev–Trinajstić information content (AvgIpc) is 2.98. The Bertz CT molecular complexity index is 771. The molecule has 0 spiro atoms. The zero-order chi connectivity index (χ0) is 14.7. The summed E-state index contributed by atoms with van der Waals surface area (Å²) in [7, 11) is 0. The third-order valence-corrected chi connectivity index (χ3v) is 3.22. The molecule has 1 N–H and O–H groups in total. The predicted octanol–water partition coefficient (Wildman–Crippen LogP) is 3.75. The van der Waals surface area contributed by atoms with Crippen molar-refractivity contribution in [2.24, 2.45) is 0 Å². The third-order valence-electron chi connectivity index (χ3n) is 2.72. The lowest BCUT2D eigenvalue weighted by molar-refractivity contribution is 0.0991. The SMILES string of the molecule is O=C(Nc1cccc(Br)c1)c1nnc(-c2ccccc2)o1. The van der Waals surface area contributed by atoms with Gasteiger partial charge in [-0.25, -0.2) is 0 Å². The maximum absolute atomic E-state index is 12.0. The van der Waals surface area contributed by atoms with Gasteiger partial charge < -0.3 is 9.73 Å². The van der Waals surface area contributed by atoms with Crippen molar-refractivity contribution in [3.63, 3.8) is 0 Å². The minimum absolute atomic E-state index is 0.0752. The number of hydrogen-bond acceptors (Lipinski definition) is 4. The molecule has 21 heavy (non-hydrogen) atoms. The number of anilines is 1. The van der Waals surface area contributed by atoms with E-state index in [0.717, 1.165) is 10.0 Å². The predicted molar refractivity (Wildman–Crippen MR) is 81.8 cm³/mol. The first-order valence-corrected chi connectivity index (χ1v) is 6.97. The molecular weight excluding hydrogens is 334 g/mol. The van der Waals surface area contributed by atoms with E-state index in [1.54, 1.807) is 12.1 Å². The first-order valence-electron chi connectivity index (χ1n) is 6.18. The second kappa shape index (κ2) is 5.88. The lowest BCUT2D eigenvalue weighted by Gasteiger charge is -2.02. The first-order chi connectivity index (χ1) is 10.2. The summed E-state index contributed by atoms with van der Waals surface area (Å²) >= 11 is 3.34. The molecule has 0 saturated carbocycles. The molecule has 5 nitrogen and oxygen atoms in total. The fraction of sp³-hybridized carbons (Fsp3) is 0. The van der Waals surface area contributed by atoms with Crippen molar-refractivity contribution in [2.75, 3.05) is 5.32 Å². The van der Waals surface area contributed by atoms with E-state index in [2.05, 4.69) is 31.4 Å². The maximum atomic E-state index is 12.0. The molecule has 104 valence electrons. The molecule has 1 heterocycles. The minimum atomic E-state index is -0.442. The number of halogens is 1. The highest BCUT2D eigenvalue weighted by molar-refractivity contribution is 9.10. The van der Waals surface area contributed by atoms with Crippen LogP contribution >= 0.6 is 15.9 Å². The largest absolute Gasteiger partial charge is 0.412 e. The van der Waals surface area contributed by atoms with Crippen LogP contribution in [0, 0.1) is 0 Å². The van der Waals surface area contributed by atoms with Gasteiger partial charge in [0, 0.05) is 15.7 Å². The van der Waals surface area contributed by atoms with E-state index >= 15 is 0 Å². The molecule has 3 aromatic rings. The molecular formula is C15H10BrN3O2. The van der Waals surface area contributed by atoms with E-state index < -0.39 is 5.91 Å². The van der Waals surface area contributed by atoms with E-state index in [4.69, 9.17) is 4.42 Å². The van der Waals surface area contributed by atoms with E-state index in [1.807, 2.05) is 42.5 Å². The molecule has 0 radical (unpaired) electrons. The molecule has 2 aromatic carbocycles. The molecule has 0 aliphatic rings. The van der Waals surface area contributed by atoms with Crippen molar-refractivity contribution in [1.29, 1.82) is 0 Å². The van der Waals surface area contributed by atoms with Crippen molar-refractivity contribution in [3.05, 3.63) is 65.0 Å². The minimum Gasteiger partial charge on any atom is -0.412 e. The number of hydrogen-bond donors (Lipinski definition) is 1. The van der Waals surface area contributed by atoms with Gasteiger partial charge in [-0.3, -0.25) is 4.79 Å². The summed E-state index contributed by atoms with van der Waals surface area (Å²) in [4.78, 5) is 12.0. The standard InChI is InChI=1S/C15H10BrN3O2/c16-11-7-4-8-12(9-11)17-13(20)15-19-18-14(21-15)10-5-2-1-3-6-10/h1-9H,(H,17,20). The normalized spacial score (nSPS) is 10.3. The van der Waals surface area contributed by atoms with Crippen LogP contribution in [0.2, 0.25) is 0 Å². The second-order valence-electron chi connectivity index (χ2n) is 4.24. The van der Waals surface area contributed by atoms with Crippen LogP contribution in [0.4, 0.5) is 5.69 Å². The summed E-state index contributed by atoms with van der Waals surface area (Å²) in [5, 5.41) is 10.3. The van der Waals surface area contributed by atoms with Gasteiger partial charge in [0.15, 0.2) is 0 Å². The highest BCUT2D eigenvalue weighted by Crippen LogP contribution is 2.19. The van der Waals surface area contributed by atoms with Crippen molar-refractivity contribution in [3.8, 4) is 11.5 Å². The number of rotatable bonds is 3. The highest BCUT2D eigenvalue weighted by atomic mass is 79.9. The maximum Gasteiger partial charge on any atom is 0.313 e. The van der Waals surface area contributed by atoms with Crippen LogP contribution in [-0.4, -0.2) is 16.1 Å². The molecule has 0 atom stereocenters. The number of amides is 1. The van der Waals surface area contributed by atoms with Crippen LogP contribution in [0.5, 0.6) is 0 Å². The van der Waals surface area contributed by atoms with Crippen LogP contribution < -0.4 is 5.32 Å². The molecule has 1 aromatic heterocycles. The molecule has 0 aliphatic heterocycles. The number of nitrogens with one attached hydrogen (secondary N) is 1. The zero-order valence-electron chi connectivity index (χ0n) is 10.8. The highest BCUT2D eigenvalue weighted by Gasteiger charge is 2.15. The Labute approximate surface area is 129 Å². The molecule has 0 aliphatic carbocycles. The molecule has 0 unspecified atom stereocenters. The van der Waals surface area contributed by atoms with E-state index in [1.165, 1.54) is 0 Å². The van der Waals surface area contributed by atoms with Crippen molar-refractivity contribution >= 4 is 27.5 Å². The molecule has 1 amide bonds. The Morgan fingerprint density at radius 1 is 1.05 bits per heavy atom. The Morgan fingerprint density at radius 2 is 1.86 bits per heavy atom. The van der Waals surface area contributed by atoms with Gasteiger partial charge in [0.25, 0.3) is 0 Å². The molecule has 0 fully saturated rings. The molecule has 0 saturated heterocycles. The lowest BCUT2D eigenvalue weighted by Crippen LogP contribution is -2.12. The van der Waals surface area contributed by atoms with Crippen LogP contribution in [0.3, 0.4) is 0 Å². The lowest BCUT2D eigenvalue weighted by atomic mass is 10.2. The fourth-order valence-corrected chi connectivity index (χ4v) is 2.16. The summed E-state index contributed by atoms with van der Waals surface area (Å²) in [6.07, 6.45) is 0. The number of benzene rings is 2. The number of carbonyl (C=O) groups is 1. The third kappa shape index (κ3) is 3.17. The van der Waals surface area contributed by atoms with Crippen molar-refractivity contribution in [2.45, 2.75) is 0 Å². The smallest absolute Gasteiger partial charge is 0.313 e. The summed E-state index contributed by atoms with van der Waals surface area (Å²) in [5.74, 6) is -0.202. The number of nitrogens with zero attached hydrogens (tertiary/aromatic N) is 2. The quantitative estimate of drug-likeness (QED) is 0.786. The van der Waals surface area contributed by atoms with Gasteiger partial charge in [0.2, 0.25) is 5.89 Å². The van der Waals surface area contributed by atoms with Crippen LogP contribution in [0.25, 0.3) is 11.5 Å². The van der Waals surface area contributed by atoms with Crippen molar-refractivity contribution in [1.82, 2.24) is 10.2 Å². The summed E-state index contributed by atoms with van der Waals surface area (Å²) in [6.45, 7) is 0. The molecule has 6 heteroatoms. The summed E-state index contributed by atoms with van der Waals surface area (Å²) in [5.41, 5.74) is 1.42. The Balaban J connectivity index is 1.78. The average molecular weight is 344 g/mol. The second-order valence-corrected chi connectivity index (χ2v) is 5.16. The fourth-order valence-electron chi connectivity index (χ4n) is 1.76. The Hall–Kier alpha value is -2.47. The van der Waals surface area contributed by atoms with Crippen LogP contribution in [0.15, 0.2) is 63.5 Å². The van der Waals surface area contributed by atoms with Crippen LogP contribution in [0.1, 0.15) is 10.7 Å². The van der Waals surface area contributed by atoms with Gasteiger partial charge in [-0.1, -0.05) is 40.2 Å². The van der Waals surface area contributed by atoms with Gasteiger partial charge in [0.05, 0.1) is 0 Å². The van der Waals surface area contributed by atoms with Gasteiger partial charge >= 0.3 is 11.8 Å².